The molecule has 1 aromatic heterocycles. The van der Waals surface area contributed by atoms with E-state index in [-0.39, 0.29) is 11.9 Å². The summed E-state index contributed by atoms with van der Waals surface area (Å²) in [6.45, 7) is 3.92. The molecule has 0 aliphatic carbocycles. The molecule has 162 valence electrons. The van der Waals surface area contributed by atoms with E-state index in [1.165, 1.54) is 0 Å². The van der Waals surface area contributed by atoms with E-state index in [9.17, 15) is 4.79 Å². The molecule has 1 aliphatic rings. The summed E-state index contributed by atoms with van der Waals surface area (Å²) < 4.78 is 11.1. The number of hydrogen-bond donors (Lipinski definition) is 1. The second kappa shape index (κ2) is 9.34. The zero-order valence-electron chi connectivity index (χ0n) is 17.7. The van der Waals surface area contributed by atoms with Crippen molar-refractivity contribution in [2.75, 3.05) is 32.8 Å². The number of rotatable bonds is 6. The Kier molecular flexibility index (Phi) is 5.96. The summed E-state index contributed by atoms with van der Waals surface area (Å²) in [5.41, 5.74) is 3.33. The first-order chi connectivity index (χ1) is 15.8. The fourth-order valence-corrected chi connectivity index (χ4v) is 4.08. The molecular formula is C26H25N3O3. The quantitative estimate of drug-likeness (QED) is 0.497. The summed E-state index contributed by atoms with van der Waals surface area (Å²) >= 11 is 0. The maximum atomic E-state index is 13.3. The normalized spacial score (nSPS) is 15.5. The van der Waals surface area contributed by atoms with Crippen molar-refractivity contribution in [2.24, 2.45) is 0 Å². The molecule has 2 heterocycles. The molecule has 1 atom stereocenters. The van der Waals surface area contributed by atoms with Gasteiger partial charge in [-0.15, -0.1) is 0 Å². The highest BCUT2D eigenvalue weighted by molar-refractivity contribution is 6.01. The van der Waals surface area contributed by atoms with Crippen molar-refractivity contribution in [3.8, 4) is 11.3 Å². The summed E-state index contributed by atoms with van der Waals surface area (Å²) in [4.78, 5) is 15.6. The van der Waals surface area contributed by atoms with E-state index in [0.29, 0.717) is 11.3 Å². The Morgan fingerprint density at radius 3 is 2.44 bits per heavy atom. The van der Waals surface area contributed by atoms with Crippen LogP contribution in [0.3, 0.4) is 0 Å². The van der Waals surface area contributed by atoms with Gasteiger partial charge in [0, 0.05) is 30.8 Å². The Labute approximate surface area is 186 Å². The number of fused-ring (bicyclic) bond motifs is 1. The molecule has 0 saturated carbocycles. The lowest BCUT2D eigenvalue weighted by Crippen LogP contribution is -2.43. The second-order valence-electron chi connectivity index (χ2n) is 7.96. The summed E-state index contributed by atoms with van der Waals surface area (Å²) in [7, 11) is 0. The van der Waals surface area contributed by atoms with Gasteiger partial charge < -0.3 is 14.6 Å². The minimum atomic E-state index is -0.117. The van der Waals surface area contributed by atoms with Crippen LogP contribution in [-0.4, -0.2) is 48.8 Å². The van der Waals surface area contributed by atoms with Crippen LogP contribution < -0.4 is 5.32 Å². The molecule has 1 fully saturated rings. The van der Waals surface area contributed by atoms with E-state index in [2.05, 4.69) is 27.5 Å². The van der Waals surface area contributed by atoms with Crippen molar-refractivity contribution in [2.45, 2.75) is 6.04 Å². The van der Waals surface area contributed by atoms with Crippen molar-refractivity contribution in [1.29, 1.82) is 0 Å². The highest BCUT2D eigenvalue weighted by Gasteiger charge is 2.21. The molecule has 32 heavy (non-hydrogen) atoms. The third-order valence-corrected chi connectivity index (χ3v) is 5.83. The van der Waals surface area contributed by atoms with Gasteiger partial charge in [-0.05, 0) is 23.8 Å². The molecule has 1 aliphatic heterocycles. The maximum Gasteiger partial charge on any atom is 0.251 e. The molecule has 0 bridgehead atoms. The van der Waals surface area contributed by atoms with Crippen LogP contribution in [-0.2, 0) is 4.74 Å². The molecule has 0 radical (unpaired) electrons. The number of carbonyl (C=O) groups is 1. The number of ether oxygens (including phenoxy) is 1. The first-order valence-electron chi connectivity index (χ1n) is 10.9. The Hall–Kier alpha value is -3.48. The van der Waals surface area contributed by atoms with Gasteiger partial charge in [-0.3, -0.25) is 9.69 Å². The molecule has 1 unspecified atom stereocenters. The molecule has 4 aromatic rings. The fourth-order valence-electron chi connectivity index (χ4n) is 4.08. The lowest BCUT2D eigenvalue weighted by molar-refractivity contribution is 0.0332. The molecule has 0 spiro atoms. The highest BCUT2D eigenvalue weighted by Crippen LogP contribution is 2.29. The summed E-state index contributed by atoms with van der Waals surface area (Å²) in [5.74, 6) is 0.553. The van der Waals surface area contributed by atoms with Gasteiger partial charge in [-0.2, -0.15) is 0 Å². The maximum absolute atomic E-state index is 13.3. The molecule has 1 N–H and O–H groups in total. The monoisotopic (exact) mass is 427 g/mol. The molecule has 5 rings (SSSR count). The first-order valence-corrected chi connectivity index (χ1v) is 10.9. The minimum absolute atomic E-state index is 0.116. The van der Waals surface area contributed by atoms with Gasteiger partial charge >= 0.3 is 0 Å². The molecule has 6 nitrogen and oxygen atoms in total. The van der Waals surface area contributed by atoms with Crippen LogP contribution in [0.2, 0.25) is 0 Å². The van der Waals surface area contributed by atoms with Gasteiger partial charge in [0.2, 0.25) is 0 Å². The predicted molar refractivity (Wildman–Crippen MR) is 123 cm³/mol. The van der Waals surface area contributed by atoms with Crippen LogP contribution in [0.1, 0.15) is 22.0 Å². The zero-order chi connectivity index (χ0) is 21.8. The zero-order valence-corrected chi connectivity index (χ0v) is 17.7. The average Bonchev–Trinajstić information content (AvgIpc) is 3.29. The van der Waals surface area contributed by atoms with Gasteiger partial charge in [0.1, 0.15) is 5.52 Å². The first kappa shape index (κ1) is 20.4. The highest BCUT2D eigenvalue weighted by atomic mass is 16.5. The van der Waals surface area contributed by atoms with Crippen LogP contribution in [0.25, 0.3) is 22.2 Å². The van der Waals surface area contributed by atoms with Crippen LogP contribution >= 0.6 is 0 Å². The number of morpholine rings is 1. The summed E-state index contributed by atoms with van der Waals surface area (Å²) in [6, 6.07) is 25.3. The van der Waals surface area contributed by atoms with Gasteiger partial charge in [0.25, 0.3) is 5.91 Å². The minimum Gasteiger partial charge on any atom is -0.379 e. The van der Waals surface area contributed by atoms with Crippen LogP contribution in [0.4, 0.5) is 0 Å². The Morgan fingerprint density at radius 1 is 0.969 bits per heavy atom. The molecular weight excluding hydrogens is 402 g/mol. The van der Waals surface area contributed by atoms with E-state index >= 15 is 0 Å². The summed E-state index contributed by atoms with van der Waals surface area (Å²) in [5, 5.41) is 8.22. The predicted octanol–water partition coefficient (Wildman–Crippen LogP) is 4.30. The number of amides is 1. The number of aromatic nitrogens is 1. The Morgan fingerprint density at radius 2 is 1.69 bits per heavy atom. The summed E-state index contributed by atoms with van der Waals surface area (Å²) in [6.07, 6.45) is 0. The molecule has 6 heteroatoms. The number of nitrogens with one attached hydrogen (secondary N) is 1. The number of hydrogen-bond acceptors (Lipinski definition) is 5. The fraction of sp³-hybridized carbons (Fsp3) is 0.231. The van der Waals surface area contributed by atoms with Gasteiger partial charge in [0.15, 0.2) is 5.76 Å². The average molecular weight is 428 g/mol. The number of carbonyl (C=O) groups excluding carboxylic acids is 1. The van der Waals surface area contributed by atoms with Crippen molar-refractivity contribution in [3.05, 3.63) is 90.0 Å². The smallest absolute Gasteiger partial charge is 0.251 e. The van der Waals surface area contributed by atoms with Crippen LogP contribution in [0.5, 0.6) is 0 Å². The van der Waals surface area contributed by atoms with Gasteiger partial charge in [-0.25, -0.2) is 0 Å². The van der Waals surface area contributed by atoms with Gasteiger partial charge in [0.05, 0.1) is 24.6 Å². The SMILES string of the molecule is O=C(NC(CN1CCOCC1)c1ccccc1)c1ccc2noc(-c3ccccc3)c2c1. The Balaban J connectivity index is 1.41. The Bertz CT molecular complexity index is 1180. The number of nitrogens with zero attached hydrogens (tertiary/aromatic N) is 2. The largest absolute Gasteiger partial charge is 0.379 e. The van der Waals surface area contributed by atoms with E-state index in [1.54, 1.807) is 6.07 Å². The van der Waals surface area contributed by atoms with E-state index in [0.717, 1.165) is 54.9 Å². The van der Waals surface area contributed by atoms with Crippen molar-refractivity contribution in [3.63, 3.8) is 0 Å². The van der Waals surface area contributed by atoms with Crippen LogP contribution in [0.15, 0.2) is 83.4 Å². The van der Waals surface area contributed by atoms with Crippen molar-refractivity contribution >= 4 is 16.8 Å². The topological polar surface area (TPSA) is 67.6 Å². The lowest BCUT2D eigenvalue weighted by Gasteiger charge is -2.31. The van der Waals surface area contributed by atoms with E-state index in [1.807, 2.05) is 60.7 Å². The molecule has 1 saturated heterocycles. The number of benzene rings is 3. The van der Waals surface area contributed by atoms with Gasteiger partial charge in [-0.1, -0.05) is 65.8 Å². The lowest BCUT2D eigenvalue weighted by atomic mass is 10.0. The van der Waals surface area contributed by atoms with Crippen LogP contribution in [0, 0.1) is 0 Å². The van der Waals surface area contributed by atoms with E-state index in [4.69, 9.17) is 9.26 Å². The molecule has 1 amide bonds. The second-order valence-corrected chi connectivity index (χ2v) is 7.96. The standard InChI is InChI=1S/C26H25N3O3/c30-26(27-24(19-7-3-1-4-8-19)18-29-13-15-31-16-14-29)21-11-12-23-22(17-21)25(32-28-23)20-9-5-2-6-10-20/h1-12,17,24H,13-16,18H2,(H,27,30). The van der Waals surface area contributed by atoms with Crippen molar-refractivity contribution in [1.82, 2.24) is 15.4 Å². The molecule has 3 aromatic carbocycles. The third kappa shape index (κ3) is 4.42. The van der Waals surface area contributed by atoms with E-state index < -0.39 is 0 Å². The third-order valence-electron chi connectivity index (χ3n) is 5.83. The van der Waals surface area contributed by atoms with Crippen molar-refractivity contribution < 1.29 is 14.1 Å².